The molecule has 0 heterocycles. The first-order valence-electron chi connectivity index (χ1n) is 5.60. The van der Waals surface area contributed by atoms with Crippen molar-refractivity contribution in [2.24, 2.45) is 5.92 Å². The number of amides is 1. The summed E-state index contributed by atoms with van der Waals surface area (Å²) >= 11 is 0. The lowest BCUT2D eigenvalue weighted by Crippen LogP contribution is -2.36. The number of nitrogens with one attached hydrogen (secondary N) is 1. The molecule has 0 bridgehead atoms. The van der Waals surface area contributed by atoms with Crippen molar-refractivity contribution in [3.8, 4) is 0 Å². The van der Waals surface area contributed by atoms with E-state index in [-0.39, 0.29) is 12.3 Å². The van der Waals surface area contributed by atoms with E-state index in [2.05, 4.69) is 12.2 Å². The molecule has 0 aliphatic heterocycles. The SMILES string of the molecule is CC1CCCC1NC(=O)CCCC(=O)O. The third kappa shape index (κ3) is 4.32. The molecule has 0 aromatic heterocycles. The van der Waals surface area contributed by atoms with Crippen molar-refractivity contribution >= 4 is 11.9 Å². The highest BCUT2D eigenvalue weighted by atomic mass is 16.4. The molecule has 1 aliphatic carbocycles. The molecule has 0 aromatic rings. The minimum Gasteiger partial charge on any atom is -0.481 e. The predicted octanol–water partition coefficient (Wildman–Crippen LogP) is 1.55. The van der Waals surface area contributed by atoms with E-state index < -0.39 is 5.97 Å². The largest absolute Gasteiger partial charge is 0.481 e. The van der Waals surface area contributed by atoms with Gasteiger partial charge in [-0.15, -0.1) is 0 Å². The number of hydrogen-bond acceptors (Lipinski definition) is 2. The number of carbonyl (C=O) groups excluding carboxylic acids is 1. The Morgan fingerprint density at radius 2 is 2.07 bits per heavy atom. The molecule has 2 N–H and O–H groups in total. The monoisotopic (exact) mass is 213 g/mol. The zero-order valence-corrected chi connectivity index (χ0v) is 9.16. The molecule has 15 heavy (non-hydrogen) atoms. The molecular weight excluding hydrogens is 194 g/mol. The smallest absolute Gasteiger partial charge is 0.303 e. The first-order valence-corrected chi connectivity index (χ1v) is 5.60. The number of carboxylic acid groups (broad SMARTS) is 1. The first-order chi connectivity index (χ1) is 7.09. The zero-order chi connectivity index (χ0) is 11.3. The molecule has 0 radical (unpaired) electrons. The number of hydrogen-bond donors (Lipinski definition) is 2. The second-order valence-electron chi connectivity index (χ2n) is 4.33. The first kappa shape index (κ1) is 12.0. The van der Waals surface area contributed by atoms with Gasteiger partial charge in [-0.1, -0.05) is 13.3 Å². The molecule has 1 saturated carbocycles. The zero-order valence-electron chi connectivity index (χ0n) is 9.16. The molecule has 86 valence electrons. The Kier molecular flexibility index (Phi) is 4.59. The van der Waals surface area contributed by atoms with Crippen molar-refractivity contribution in [1.82, 2.24) is 5.32 Å². The molecule has 0 saturated heterocycles. The minimum atomic E-state index is -0.836. The molecule has 4 nitrogen and oxygen atoms in total. The van der Waals surface area contributed by atoms with Crippen LogP contribution in [0.15, 0.2) is 0 Å². The standard InChI is InChI=1S/C11H19NO3/c1-8-4-2-5-9(8)12-10(13)6-3-7-11(14)15/h8-9H,2-7H2,1H3,(H,12,13)(H,14,15). The van der Waals surface area contributed by atoms with E-state index in [0.29, 0.717) is 24.8 Å². The van der Waals surface area contributed by atoms with Crippen LogP contribution in [0.1, 0.15) is 45.4 Å². The van der Waals surface area contributed by atoms with Gasteiger partial charge in [0.25, 0.3) is 0 Å². The summed E-state index contributed by atoms with van der Waals surface area (Å²) in [5.74, 6) is -0.277. The highest BCUT2D eigenvalue weighted by molar-refractivity contribution is 5.77. The fourth-order valence-electron chi connectivity index (χ4n) is 2.04. The van der Waals surface area contributed by atoms with Gasteiger partial charge >= 0.3 is 5.97 Å². The summed E-state index contributed by atoms with van der Waals surface area (Å²) in [6.07, 6.45) is 4.26. The van der Waals surface area contributed by atoms with E-state index in [1.807, 2.05) is 0 Å². The topological polar surface area (TPSA) is 66.4 Å². The average molecular weight is 213 g/mol. The van der Waals surface area contributed by atoms with Crippen molar-refractivity contribution in [2.75, 3.05) is 0 Å². The van der Waals surface area contributed by atoms with Gasteiger partial charge in [-0.3, -0.25) is 9.59 Å². The Balaban J connectivity index is 2.15. The predicted molar refractivity (Wildman–Crippen MR) is 56.4 cm³/mol. The van der Waals surface area contributed by atoms with Crippen molar-refractivity contribution in [3.63, 3.8) is 0 Å². The molecule has 4 heteroatoms. The van der Waals surface area contributed by atoms with Crippen molar-refractivity contribution in [3.05, 3.63) is 0 Å². The summed E-state index contributed by atoms with van der Waals surface area (Å²) in [6, 6.07) is 0.308. The van der Waals surface area contributed by atoms with Crippen molar-refractivity contribution in [1.29, 1.82) is 0 Å². The van der Waals surface area contributed by atoms with Crippen LogP contribution < -0.4 is 5.32 Å². The van der Waals surface area contributed by atoms with Gasteiger partial charge in [0.05, 0.1) is 0 Å². The quantitative estimate of drug-likeness (QED) is 0.728. The van der Waals surface area contributed by atoms with Gasteiger partial charge in [0.1, 0.15) is 0 Å². The summed E-state index contributed by atoms with van der Waals surface area (Å²) < 4.78 is 0. The number of rotatable bonds is 5. The number of carbonyl (C=O) groups is 2. The Labute approximate surface area is 90.0 Å². The summed E-state index contributed by atoms with van der Waals surface area (Å²) in [5.41, 5.74) is 0. The van der Waals surface area contributed by atoms with Crippen molar-refractivity contribution < 1.29 is 14.7 Å². The number of aliphatic carboxylic acids is 1. The fraction of sp³-hybridized carbons (Fsp3) is 0.818. The molecule has 1 aliphatic rings. The third-order valence-electron chi connectivity index (χ3n) is 3.00. The second kappa shape index (κ2) is 5.73. The van der Waals surface area contributed by atoms with Crippen LogP contribution in [0.3, 0.4) is 0 Å². The Hall–Kier alpha value is -1.06. The van der Waals surface area contributed by atoms with Crippen molar-refractivity contribution in [2.45, 2.75) is 51.5 Å². The summed E-state index contributed by atoms with van der Waals surface area (Å²) in [7, 11) is 0. The molecule has 2 atom stereocenters. The molecular formula is C11H19NO3. The van der Waals surface area contributed by atoms with Crippen LogP contribution in [0.25, 0.3) is 0 Å². The summed E-state index contributed by atoms with van der Waals surface area (Å²) in [4.78, 5) is 21.7. The minimum absolute atomic E-state index is 0.00463. The molecule has 2 unspecified atom stereocenters. The Morgan fingerprint density at radius 3 is 2.60 bits per heavy atom. The van der Waals surface area contributed by atoms with Gasteiger partial charge in [0.15, 0.2) is 0 Å². The highest BCUT2D eigenvalue weighted by Gasteiger charge is 2.24. The van der Waals surface area contributed by atoms with Crippen LogP contribution in [0, 0.1) is 5.92 Å². The van der Waals surface area contributed by atoms with Gasteiger partial charge < -0.3 is 10.4 Å². The summed E-state index contributed by atoms with van der Waals surface area (Å²) in [5, 5.41) is 11.4. The van der Waals surface area contributed by atoms with Gasteiger partial charge in [-0.25, -0.2) is 0 Å². The second-order valence-corrected chi connectivity index (χ2v) is 4.33. The maximum Gasteiger partial charge on any atom is 0.303 e. The van der Waals surface area contributed by atoms with Gasteiger partial charge in [-0.2, -0.15) is 0 Å². The molecule has 0 aromatic carbocycles. The average Bonchev–Trinajstić information content (AvgIpc) is 2.51. The molecule has 1 rings (SSSR count). The van der Waals surface area contributed by atoms with Crippen LogP contribution in [0.4, 0.5) is 0 Å². The van der Waals surface area contributed by atoms with E-state index in [1.54, 1.807) is 0 Å². The third-order valence-corrected chi connectivity index (χ3v) is 3.00. The lowest BCUT2D eigenvalue weighted by Gasteiger charge is -2.16. The van der Waals surface area contributed by atoms with Crippen LogP contribution in [0.5, 0.6) is 0 Å². The maximum absolute atomic E-state index is 11.4. The molecule has 1 fully saturated rings. The van der Waals surface area contributed by atoms with Gasteiger partial charge in [-0.05, 0) is 25.2 Å². The van der Waals surface area contributed by atoms with E-state index >= 15 is 0 Å². The van der Waals surface area contributed by atoms with Gasteiger partial charge in [0, 0.05) is 18.9 Å². The highest BCUT2D eigenvalue weighted by Crippen LogP contribution is 2.24. The molecule has 1 amide bonds. The lowest BCUT2D eigenvalue weighted by atomic mass is 10.1. The fourth-order valence-corrected chi connectivity index (χ4v) is 2.04. The van der Waals surface area contributed by atoms with E-state index in [9.17, 15) is 9.59 Å². The summed E-state index contributed by atoms with van der Waals surface area (Å²) in [6.45, 7) is 2.15. The lowest BCUT2D eigenvalue weighted by molar-refractivity contribution is -0.137. The van der Waals surface area contributed by atoms with Crippen LogP contribution in [0.2, 0.25) is 0 Å². The van der Waals surface area contributed by atoms with E-state index in [0.717, 1.165) is 6.42 Å². The molecule has 0 spiro atoms. The Bertz CT molecular complexity index is 240. The Morgan fingerprint density at radius 1 is 1.33 bits per heavy atom. The van der Waals surface area contributed by atoms with E-state index in [1.165, 1.54) is 12.8 Å². The van der Waals surface area contributed by atoms with Crippen LogP contribution >= 0.6 is 0 Å². The maximum atomic E-state index is 11.4. The van der Waals surface area contributed by atoms with Crippen LogP contribution in [-0.2, 0) is 9.59 Å². The van der Waals surface area contributed by atoms with Crippen LogP contribution in [-0.4, -0.2) is 23.0 Å². The van der Waals surface area contributed by atoms with E-state index in [4.69, 9.17) is 5.11 Å². The normalized spacial score (nSPS) is 25.1. The number of carboxylic acids is 1. The van der Waals surface area contributed by atoms with Gasteiger partial charge in [0.2, 0.25) is 5.91 Å².